The van der Waals surface area contributed by atoms with Gasteiger partial charge in [-0.25, -0.2) is 0 Å². The third kappa shape index (κ3) is 3.14. The highest BCUT2D eigenvalue weighted by atomic mass is 16.5. The Hall–Kier alpha value is -2.68. The molecule has 0 atom stereocenters. The van der Waals surface area contributed by atoms with Gasteiger partial charge in [-0.05, 0) is 46.7 Å². The number of methoxy groups -OCH3 is 2. The molecule has 3 rings (SSSR count). The summed E-state index contributed by atoms with van der Waals surface area (Å²) < 4.78 is 10.5. The van der Waals surface area contributed by atoms with Gasteiger partial charge in [0.25, 0.3) is 0 Å². The second kappa shape index (κ2) is 6.39. The zero-order chi connectivity index (χ0) is 15.4. The Morgan fingerprint density at radius 3 is 2.32 bits per heavy atom. The lowest BCUT2D eigenvalue weighted by atomic mass is 10.1. The van der Waals surface area contributed by atoms with Crippen molar-refractivity contribution in [2.45, 2.75) is 6.54 Å². The van der Waals surface area contributed by atoms with Crippen LogP contribution in [-0.2, 0) is 6.54 Å². The van der Waals surface area contributed by atoms with Gasteiger partial charge in [0.2, 0.25) is 0 Å². The summed E-state index contributed by atoms with van der Waals surface area (Å²) in [7, 11) is 3.37. The van der Waals surface area contributed by atoms with Crippen molar-refractivity contribution >= 4 is 16.5 Å². The molecule has 3 heteroatoms. The first-order valence-corrected chi connectivity index (χ1v) is 7.23. The van der Waals surface area contributed by atoms with Crippen LogP contribution in [0.25, 0.3) is 10.8 Å². The molecular formula is C19H19NO2. The molecule has 3 aromatic rings. The monoisotopic (exact) mass is 293 g/mol. The molecule has 112 valence electrons. The molecule has 0 unspecified atom stereocenters. The van der Waals surface area contributed by atoms with Crippen LogP contribution in [0.5, 0.6) is 11.5 Å². The number of benzene rings is 3. The van der Waals surface area contributed by atoms with E-state index in [2.05, 4.69) is 35.6 Å². The molecule has 0 spiro atoms. The van der Waals surface area contributed by atoms with E-state index in [0.29, 0.717) is 0 Å². The molecule has 0 bridgehead atoms. The zero-order valence-electron chi connectivity index (χ0n) is 12.8. The van der Waals surface area contributed by atoms with E-state index in [1.165, 1.54) is 16.3 Å². The average Bonchev–Trinajstić information content (AvgIpc) is 2.59. The Morgan fingerprint density at radius 1 is 0.773 bits per heavy atom. The lowest BCUT2D eigenvalue weighted by molar-refractivity contribution is 0.415. The van der Waals surface area contributed by atoms with Crippen LogP contribution >= 0.6 is 0 Å². The first-order chi connectivity index (χ1) is 10.8. The molecule has 0 aliphatic carbocycles. The summed E-state index contributed by atoms with van der Waals surface area (Å²) >= 11 is 0. The number of ether oxygens (including phenoxy) is 2. The molecule has 22 heavy (non-hydrogen) atoms. The van der Waals surface area contributed by atoms with Gasteiger partial charge in [-0.2, -0.15) is 0 Å². The van der Waals surface area contributed by atoms with Gasteiger partial charge >= 0.3 is 0 Å². The normalized spacial score (nSPS) is 10.5. The molecular weight excluding hydrogens is 274 g/mol. The van der Waals surface area contributed by atoms with Gasteiger partial charge in [0.05, 0.1) is 14.2 Å². The molecule has 1 N–H and O–H groups in total. The second-order valence-corrected chi connectivity index (χ2v) is 5.13. The summed E-state index contributed by atoms with van der Waals surface area (Å²) in [5.41, 5.74) is 2.29. The molecule has 0 heterocycles. The number of anilines is 1. The Labute approximate surface area is 130 Å². The van der Waals surface area contributed by atoms with E-state index in [1.807, 2.05) is 30.3 Å². The summed E-state index contributed by atoms with van der Waals surface area (Å²) in [4.78, 5) is 0. The highest BCUT2D eigenvalue weighted by Gasteiger charge is 2.00. The molecule has 0 saturated heterocycles. The minimum Gasteiger partial charge on any atom is -0.497 e. The van der Waals surface area contributed by atoms with E-state index in [9.17, 15) is 0 Å². The number of hydrogen-bond donors (Lipinski definition) is 1. The Kier molecular flexibility index (Phi) is 4.15. The van der Waals surface area contributed by atoms with Crippen LogP contribution in [0.3, 0.4) is 0 Å². The summed E-state index contributed by atoms with van der Waals surface area (Å²) in [6, 6.07) is 20.5. The highest BCUT2D eigenvalue weighted by molar-refractivity contribution is 5.84. The summed E-state index contributed by atoms with van der Waals surface area (Å²) in [6.07, 6.45) is 0. The molecule has 0 radical (unpaired) electrons. The van der Waals surface area contributed by atoms with E-state index in [0.717, 1.165) is 23.7 Å². The van der Waals surface area contributed by atoms with Crippen LogP contribution < -0.4 is 14.8 Å². The van der Waals surface area contributed by atoms with Crippen molar-refractivity contribution in [2.75, 3.05) is 19.5 Å². The van der Waals surface area contributed by atoms with E-state index in [1.54, 1.807) is 14.2 Å². The van der Waals surface area contributed by atoms with Crippen molar-refractivity contribution < 1.29 is 9.47 Å². The van der Waals surface area contributed by atoms with Crippen molar-refractivity contribution in [3.63, 3.8) is 0 Å². The van der Waals surface area contributed by atoms with Gasteiger partial charge in [0.1, 0.15) is 11.5 Å². The predicted octanol–water partition coefficient (Wildman–Crippen LogP) is 4.47. The molecule has 0 fully saturated rings. The predicted molar refractivity (Wildman–Crippen MR) is 90.8 cm³/mol. The summed E-state index contributed by atoms with van der Waals surface area (Å²) in [5, 5.41) is 5.82. The summed E-state index contributed by atoms with van der Waals surface area (Å²) in [6.45, 7) is 0.773. The first kappa shape index (κ1) is 14.3. The third-order valence-electron chi connectivity index (χ3n) is 3.68. The van der Waals surface area contributed by atoms with Gasteiger partial charge in [-0.1, -0.05) is 24.3 Å². The summed E-state index contributed by atoms with van der Waals surface area (Å²) in [5.74, 6) is 1.74. The maximum atomic E-state index is 5.26. The lowest BCUT2D eigenvalue weighted by Crippen LogP contribution is -1.99. The van der Waals surface area contributed by atoms with Gasteiger partial charge in [-0.3, -0.25) is 0 Å². The minimum atomic E-state index is 0.773. The fourth-order valence-corrected chi connectivity index (χ4v) is 2.45. The van der Waals surface area contributed by atoms with Crippen molar-refractivity contribution in [1.82, 2.24) is 0 Å². The molecule has 0 amide bonds. The van der Waals surface area contributed by atoms with E-state index < -0.39 is 0 Å². The molecule has 0 aromatic heterocycles. The minimum absolute atomic E-state index is 0.773. The fourth-order valence-electron chi connectivity index (χ4n) is 2.45. The number of fused-ring (bicyclic) bond motifs is 1. The van der Waals surface area contributed by atoms with Gasteiger partial charge in [0.15, 0.2) is 0 Å². The van der Waals surface area contributed by atoms with E-state index >= 15 is 0 Å². The van der Waals surface area contributed by atoms with Crippen molar-refractivity contribution in [3.05, 3.63) is 66.2 Å². The SMILES string of the molecule is COc1cccc(NCc2ccc3cc(OC)ccc3c2)c1. The number of nitrogens with one attached hydrogen (secondary N) is 1. The van der Waals surface area contributed by atoms with Crippen LogP contribution in [0.4, 0.5) is 5.69 Å². The standard InChI is InChI=1S/C19H19NO2/c1-21-18-5-3-4-17(12-18)20-13-14-6-7-16-11-19(22-2)9-8-15(16)10-14/h3-12,20H,13H2,1-2H3. The smallest absolute Gasteiger partial charge is 0.120 e. The number of rotatable bonds is 5. The average molecular weight is 293 g/mol. The third-order valence-corrected chi connectivity index (χ3v) is 3.68. The number of hydrogen-bond acceptors (Lipinski definition) is 3. The quantitative estimate of drug-likeness (QED) is 0.753. The highest BCUT2D eigenvalue weighted by Crippen LogP contribution is 2.23. The van der Waals surface area contributed by atoms with Gasteiger partial charge in [0, 0.05) is 18.3 Å². The Balaban J connectivity index is 1.76. The van der Waals surface area contributed by atoms with Crippen LogP contribution in [0, 0.1) is 0 Å². The topological polar surface area (TPSA) is 30.5 Å². The molecule has 0 saturated carbocycles. The lowest BCUT2D eigenvalue weighted by Gasteiger charge is -2.09. The Morgan fingerprint density at radius 2 is 1.50 bits per heavy atom. The first-order valence-electron chi connectivity index (χ1n) is 7.23. The van der Waals surface area contributed by atoms with Crippen LogP contribution in [-0.4, -0.2) is 14.2 Å². The fraction of sp³-hybridized carbons (Fsp3) is 0.158. The zero-order valence-corrected chi connectivity index (χ0v) is 12.8. The molecule has 0 aliphatic heterocycles. The molecule has 0 aliphatic rings. The van der Waals surface area contributed by atoms with E-state index in [4.69, 9.17) is 9.47 Å². The van der Waals surface area contributed by atoms with Crippen LogP contribution in [0.2, 0.25) is 0 Å². The Bertz CT molecular complexity index is 783. The van der Waals surface area contributed by atoms with Gasteiger partial charge < -0.3 is 14.8 Å². The van der Waals surface area contributed by atoms with Crippen molar-refractivity contribution in [1.29, 1.82) is 0 Å². The maximum Gasteiger partial charge on any atom is 0.120 e. The maximum absolute atomic E-state index is 5.26. The van der Waals surface area contributed by atoms with Crippen molar-refractivity contribution in [3.8, 4) is 11.5 Å². The van der Waals surface area contributed by atoms with Crippen LogP contribution in [0.15, 0.2) is 60.7 Å². The van der Waals surface area contributed by atoms with Crippen LogP contribution in [0.1, 0.15) is 5.56 Å². The van der Waals surface area contributed by atoms with E-state index in [-0.39, 0.29) is 0 Å². The van der Waals surface area contributed by atoms with Gasteiger partial charge in [-0.15, -0.1) is 0 Å². The second-order valence-electron chi connectivity index (χ2n) is 5.13. The largest absolute Gasteiger partial charge is 0.497 e. The molecule has 3 aromatic carbocycles. The van der Waals surface area contributed by atoms with Crippen molar-refractivity contribution in [2.24, 2.45) is 0 Å². The molecule has 3 nitrogen and oxygen atoms in total.